The van der Waals surface area contributed by atoms with E-state index in [4.69, 9.17) is 4.98 Å². The molecule has 128 valence electrons. The Bertz CT molecular complexity index is 1270. The predicted molar refractivity (Wildman–Crippen MR) is 112 cm³/mol. The van der Waals surface area contributed by atoms with Crippen molar-refractivity contribution in [2.75, 3.05) is 0 Å². The van der Waals surface area contributed by atoms with Gasteiger partial charge < -0.3 is 0 Å². The summed E-state index contributed by atoms with van der Waals surface area (Å²) in [5.41, 5.74) is 3.84. The lowest BCUT2D eigenvalue weighted by Crippen LogP contribution is -2.12. The molecule has 2 nitrogen and oxygen atoms in total. The van der Waals surface area contributed by atoms with Crippen LogP contribution in [0.3, 0.4) is 0 Å². The van der Waals surface area contributed by atoms with Crippen LogP contribution in [-0.4, -0.2) is 9.38 Å². The quantitative estimate of drug-likeness (QED) is 0.328. The molecule has 2 heterocycles. The van der Waals surface area contributed by atoms with Crippen molar-refractivity contribution in [3.63, 3.8) is 0 Å². The third kappa shape index (κ3) is 2.27. The highest BCUT2D eigenvalue weighted by molar-refractivity contribution is 7.23. The number of benzene rings is 3. The zero-order chi connectivity index (χ0) is 17.9. The lowest BCUT2D eigenvalue weighted by atomic mass is 9.82. The third-order valence-electron chi connectivity index (χ3n) is 4.98. The molecular formula is C23H20N2S. The van der Waals surface area contributed by atoms with E-state index in [-0.39, 0.29) is 5.41 Å². The highest BCUT2D eigenvalue weighted by atomic mass is 32.1. The Morgan fingerprint density at radius 2 is 1.69 bits per heavy atom. The van der Waals surface area contributed by atoms with Crippen molar-refractivity contribution in [1.82, 2.24) is 9.38 Å². The van der Waals surface area contributed by atoms with Gasteiger partial charge in [-0.05, 0) is 46.0 Å². The summed E-state index contributed by atoms with van der Waals surface area (Å²) >= 11 is 1.79. The Hall–Kier alpha value is -2.65. The standard InChI is InChI=1S/C23H20N2S/c1-23(2,3)18-13-16(12-15-8-4-5-9-17(15)18)22-24-14-21-25(22)19-10-6-7-11-20(19)26-21/h4-14H,1-3H3. The van der Waals surface area contributed by atoms with Gasteiger partial charge in [0.05, 0.1) is 16.4 Å². The Morgan fingerprint density at radius 1 is 0.923 bits per heavy atom. The van der Waals surface area contributed by atoms with Gasteiger partial charge in [-0.1, -0.05) is 57.2 Å². The lowest BCUT2D eigenvalue weighted by molar-refractivity contribution is 0.596. The minimum absolute atomic E-state index is 0.0721. The Labute approximate surface area is 156 Å². The topological polar surface area (TPSA) is 17.3 Å². The average Bonchev–Trinajstić information content (AvgIpc) is 3.19. The van der Waals surface area contributed by atoms with Crippen LogP contribution in [0.15, 0.2) is 66.9 Å². The summed E-state index contributed by atoms with van der Waals surface area (Å²) in [5, 5.41) is 2.60. The van der Waals surface area contributed by atoms with Gasteiger partial charge in [-0.2, -0.15) is 0 Å². The molecule has 5 rings (SSSR count). The highest BCUT2D eigenvalue weighted by Gasteiger charge is 2.20. The van der Waals surface area contributed by atoms with Gasteiger partial charge in [0.25, 0.3) is 0 Å². The van der Waals surface area contributed by atoms with Gasteiger partial charge in [-0.15, -0.1) is 11.3 Å². The first kappa shape index (κ1) is 15.6. The van der Waals surface area contributed by atoms with E-state index >= 15 is 0 Å². The van der Waals surface area contributed by atoms with E-state index in [1.807, 2.05) is 6.20 Å². The molecular weight excluding hydrogens is 336 g/mol. The van der Waals surface area contributed by atoms with E-state index in [1.54, 1.807) is 11.3 Å². The van der Waals surface area contributed by atoms with Crippen LogP contribution in [0.4, 0.5) is 0 Å². The maximum Gasteiger partial charge on any atom is 0.145 e. The number of nitrogens with zero attached hydrogens (tertiary/aromatic N) is 2. The maximum absolute atomic E-state index is 4.78. The Balaban J connectivity index is 1.86. The zero-order valence-corrected chi connectivity index (χ0v) is 16.0. The predicted octanol–water partition coefficient (Wildman–Crippen LogP) is 6.67. The molecule has 0 radical (unpaired) electrons. The van der Waals surface area contributed by atoms with Gasteiger partial charge in [0, 0.05) is 5.56 Å². The van der Waals surface area contributed by atoms with Crippen LogP contribution in [0.5, 0.6) is 0 Å². The van der Waals surface area contributed by atoms with Gasteiger partial charge in [0.15, 0.2) is 0 Å². The summed E-state index contributed by atoms with van der Waals surface area (Å²) in [5.74, 6) is 1.02. The molecule has 0 saturated heterocycles. The largest absolute Gasteiger partial charge is 0.283 e. The number of rotatable bonds is 1. The van der Waals surface area contributed by atoms with Crippen LogP contribution < -0.4 is 0 Å². The van der Waals surface area contributed by atoms with Crippen LogP contribution >= 0.6 is 11.3 Å². The second kappa shape index (κ2) is 5.42. The number of imidazole rings is 1. The summed E-state index contributed by atoms with van der Waals surface area (Å²) in [6, 6.07) is 21.8. The minimum atomic E-state index is 0.0721. The van der Waals surface area contributed by atoms with E-state index in [0.717, 1.165) is 5.82 Å². The average molecular weight is 356 g/mol. The molecule has 0 aliphatic heterocycles. The van der Waals surface area contributed by atoms with Crippen molar-refractivity contribution in [2.24, 2.45) is 0 Å². The van der Waals surface area contributed by atoms with Gasteiger partial charge in [0.1, 0.15) is 10.7 Å². The fourth-order valence-corrected chi connectivity index (χ4v) is 4.76. The number of fused-ring (bicyclic) bond motifs is 4. The number of thiazole rings is 1. The van der Waals surface area contributed by atoms with Crippen LogP contribution in [-0.2, 0) is 5.41 Å². The summed E-state index contributed by atoms with van der Waals surface area (Å²) in [6.45, 7) is 6.83. The maximum atomic E-state index is 4.78. The molecule has 3 heteroatoms. The molecule has 2 aromatic heterocycles. The number of hydrogen-bond donors (Lipinski definition) is 0. The SMILES string of the molecule is CC(C)(C)c1cc(-c2ncc3sc4ccccc4n23)cc2ccccc12. The first-order valence-electron chi connectivity index (χ1n) is 8.91. The van der Waals surface area contributed by atoms with Crippen LogP contribution in [0.25, 0.3) is 37.2 Å². The second-order valence-electron chi connectivity index (χ2n) is 7.82. The third-order valence-corrected chi connectivity index (χ3v) is 6.04. The van der Waals surface area contributed by atoms with Crippen molar-refractivity contribution < 1.29 is 0 Å². The molecule has 0 N–H and O–H groups in total. The van der Waals surface area contributed by atoms with Crippen molar-refractivity contribution in [2.45, 2.75) is 26.2 Å². The Morgan fingerprint density at radius 3 is 2.54 bits per heavy atom. The molecule has 0 unspecified atom stereocenters. The number of para-hydroxylation sites is 1. The molecule has 0 saturated carbocycles. The van der Waals surface area contributed by atoms with Gasteiger partial charge in [-0.3, -0.25) is 4.40 Å². The van der Waals surface area contributed by atoms with E-state index < -0.39 is 0 Å². The molecule has 5 aromatic rings. The van der Waals surface area contributed by atoms with Gasteiger partial charge >= 0.3 is 0 Å². The van der Waals surface area contributed by atoms with Crippen LogP contribution in [0.1, 0.15) is 26.3 Å². The lowest BCUT2D eigenvalue weighted by Gasteiger charge is -2.22. The van der Waals surface area contributed by atoms with E-state index in [2.05, 4.69) is 85.8 Å². The fraction of sp³-hybridized carbons (Fsp3) is 0.174. The molecule has 0 atom stereocenters. The summed E-state index contributed by atoms with van der Waals surface area (Å²) < 4.78 is 3.58. The summed E-state index contributed by atoms with van der Waals surface area (Å²) in [6.07, 6.45) is 1.99. The summed E-state index contributed by atoms with van der Waals surface area (Å²) in [7, 11) is 0. The smallest absolute Gasteiger partial charge is 0.145 e. The van der Waals surface area contributed by atoms with Crippen molar-refractivity contribution in [1.29, 1.82) is 0 Å². The Kier molecular flexibility index (Phi) is 3.25. The molecule has 0 aliphatic rings. The van der Waals surface area contributed by atoms with Crippen LogP contribution in [0, 0.1) is 0 Å². The first-order valence-corrected chi connectivity index (χ1v) is 9.73. The van der Waals surface area contributed by atoms with Crippen molar-refractivity contribution in [3.05, 3.63) is 72.4 Å². The van der Waals surface area contributed by atoms with Crippen molar-refractivity contribution in [3.8, 4) is 11.4 Å². The van der Waals surface area contributed by atoms with Crippen molar-refractivity contribution >= 4 is 37.2 Å². The van der Waals surface area contributed by atoms with Crippen LogP contribution in [0.2, 0.25) is 0 Å². The highest BCUT2D eigenvalue weighted by Crippen LogP contribution is 2.36. The van der Waals surface area contributed by atoms with E-state index in [9.17, 15) is 0 Å². The number of aromatic nitrogens is 2. The van der Waals surface area contributed by atoms with E-state index in [0.29, 0.717) is 0 Å². The monoisotopic (exact) mass is 356 g/mol. The number of hydrogen-bond acceptors (Lipinski definition) is 2. The minimum Gasteiger partial charge on any atom is -0.283 e. The van der Waals surface area contributed by atoms with E-state index in [1.165, 1.54) is 36.9 Å². The normalized spacial score (nSPS) is 12.4. The molecule has 26 heavy (non-hydrogen) atoms. The van der Waals surface area contributed by atoms with Gasteiger partial charge in [0.2, 0.25) is 0 Å². The molecule has 3 aromatic carbocycles. The molecule has 0 amide bonds. The second-order valence-corrected chi connectivity index (χ2v) is 8.88. The molecule has 0 aliphatic carbocycles. The molecule has 0 spiro atoms. The molecule has 0 fully saturated rings. The first-order chi connectivity index (χ1) is 12.5. The van der Waals surface area contributed by atoms with Gasteiger partial charge in [-0.25, -0.2) is 4.98 Å². The zero-order valence-electron chi connectivity index (χ0n) is 15.2. The summed E-state index contributed by atoms with van der Waals surface area (Å²) in [4.78, 5) is 5.97. The molecule has 0 bridgehead atoms. The fourth-order valence-electron chi connectivity index (χ4n) is 3.75.